The molecule has 6 heteroatoms. The minimum absolute atomic E-state index is 0.0270. The molecule has 0 aliphatic rings. The van der Waals surface area contributed by atoms with Crippen LogP contribution in [0.2, 0.25) is 0 Å². The molecule has 0 aromatic carbocycles. The normalized spacial score (nSPS) is 16.7. The topological polar surface area (TPSA) is 99.4 Å². The van der Waals surface area contributed by atoms with Gasteiger partial charge in [-0.3, -0.25) is 0 Å². The Bertz CT molecular complexity index is 368. The van der Waals surface area contributed by atoms with Crippen LogP contribution in [0.1, 0.15) is 72.6 Å². The maximum absolute atomic E-state index is 9.95. The van der Waals surface area contributed by atoms with E-state index in [1.807, 2.05) is 20.8 Å². The first-order valence-corrected chi connectivity index (χ1v) is 10.9. The number of ether oxygens (including phenoxy) is 2. The number of aliphatic hydroxyl groups is 4. The molecular weight excluding hydrogens is 360 g/mol. The maximum Gasteiger partial charge on any atom is 0.0545 e. The molecule has 0 rings (SSSR count). The van der Waals surface area contributed by atoms with Crippen molar-refractivity contribution in [2.75, 3.05) is 52.9 Å². The van der Waals surface area contributed by atoms with Crippen molar-refractivity contribution in [2.45, 2.75) is 72.6 Å². The molecule has 4 N–H and O–H groups in total. The Balaban J connectivity index is 4.47. The van der Waals surface area contributed by atoms with Crippen LogP contribution in [0.4, 0.5) is 0 Å². The zero-order valence-corrected chi connectivity index (χ0v) is 18.7. The summed E-state index contributed by atoms with van der Waals surface area (Å²) in [6.07, 6.45) is 5.65. The monoisotopic (exact) mass is 406 g/mol. The van der Waals surface area contributed by atoms with Gasteiger partial charge >= 0.3 is 0 Å². The Morgan fingerprint density at radius 1 is 0.607 bits per heavy atom. The van der Waals surface area contributed by atoms with Crippen LogP contribution in [0.25, 0.3) is 0 Å². The Morgan fingerprint density at radius 2 is 1.11 bits per heavy atom. The molecule has 28 heavy (non-hydrogen) atoms. The fourth-order valence-electron chi connectivity index (χ4n) is 3.59. The largest absolute Gasteiger partial charge is 0.396 e. The van der Waals surface area contributed by atoms with Gasteiger partial charge in [0.25, 0.3) is 0 Å². The highest BCUT2D eigenvalue weighted by Gasteiger charge is 2.31. The third-order valence-corrected chi connectivity index (χ3v) is 6.18. The fraction of sp³-hybridized carbons (Fsp3) is 1.00. The van der Waals surface area contributed by atoms with Gasteiger partial charge < -0.3 is 29.9 Å². The Kier molecular flexibility index (Phi) is 14.6. The molecule has 0 amide bonds. The number of rotatable bonds is 19. The Morgan fingerprint density at radius 3 is 1.54 bits per heavy atom. The van der Waals surface area contributed by atoms with Crippen LogP contribution >= 0.6 is 0 Å². The van der Waals surface area contributed by atoms with Crippen LogP contribution in [0.5, 0.6) is 0 Å². The van der Waals surface area contributed by atoms with Gasteiger partial charge in [0.1, 0.15) is 0 Å². The van der Waals surface area contributed by atoms with Crippen molar-refractivity contribution in [3.05, 3.63) is 0 Å². The number of hydrogen-bond donors (Lipinski definition) is 4. The van der Waals surface area contributed by atoms with E-state index in [4.69, 9.17) is 9.47 Å². The van der Waals surface area contributed by atoms with Gasteiger partial charge in [0.2, 0.25) is 0 Å². The molecule has 0 aliphatic carbocycles. The van der Waals surface area contributed by atoms with Crippen molar-refractivity contribution in [1.82, 2.24) is 0 Å². The van der Waals surface area contributed by atoms with Crippen molar-refractivity contribution in [3.63, 3.8) is 0 Å². The number of hydrogen-bond acceptors (Lipinski definition) is 6. The van der Waals surface area contributed by atoms with Gasteiger partial charge in [0, 0.05) is 29.5 Å². The lowest BCUT2D eigenvalue weighted by atomic mass is 9.81. The van der Waals surface area contributed by atoms with E-state index in [-0.39, 0.29) is 37.3 Å². The molecule has 0 radical (unpaired) electrons. The summed E-state index contributed by atoms with van der Waals surface area (Å²) in [7, 11) is 0. The van der Waals surface area contributed by atoms with Crippen LogP contribution in [-0.4, -0.2) is 73.3 Å². The zero-order valence-electron chi connectivity index (χ0n) is 18.7. The molecule has 0 aromatic rings. The average molecular weight is 407 g/mol. The summed E-state index contributed by atoms with van der Waals surface area (Å²) in [5.74, 6) is 0. The van der Waals surface area contributed by atoms with Crippen molar-refractivity contribution < 1.29 is 29.9 Å². The van der Waals surface area contributed by atoms with Gasteiger partial charge in [-0.1, -0.05) is 40.5 Å². The van der Waals surface area contributed by atoms with Crippen LogP contribution in [0.3, 0.4) is 0 Å². The Labute approximate surface area is 172 Å². The minimum atomic E-state index is -0.486. The molecule has 2 atom stereocenters. The zero-order chi connectivity index (χ0) is 21.5. The maximum atomic E-state index is 9.95. The predicted molar refractivity (Wildman–Crippen MR) is 112 cm³/mol. The minimum Gasteiger partial charge on any atom is -0.396 e. The molecule has 0 bridgehead atoms. The first-order chi connectivity index (χ1) is 13.3. The molecule has 0 aromatic heterocycles. The van der Waals surface area contributed by atoms with E-state index in [0.717, 1.165) is 32.1 Å². The molecular formula is C22H46O6. The summed E-state index contributed by atoms with van der Waals surface area (Å²) in [6, 6.07) is 0. The second-order valence-electron chi connectivity index (χ2n) is 8.90. The fourth-order valence-corrected chi connectivity index (χ4v) is 3.59. The summed E-state index contributed by atoms with van der Waals surface area (Å²) in [5.41, 5.74) is -1.05. The van der Waals surface area contributed by atoms with Crippen molar-refractivity contribution in [2.24, 2.45) is 16.2 Å². The summed E-state index contributed by atoms with van der Waals surface area (Å²) in [4.78, 5) is 0. The van der Waals surface area contributed by atoms with Crippen molar-refractivity contribution >= 4 is 0 Å². The molecule has 0 aliphatic heterocycles. The first kappa shape index (κ1) is 27.8. The van der Waals surface area contributed by atoms with E-state index in [1.54, 1.807) is 0 Å². The van der Waals surface area contributed by atoms with Gasteiger partial charge in [0.05, 0.1) is 39.6 Å². The van der Waals surface area contributed by atoms with E-state index in [9.17, 15) is 20.4 Å². The van der Waals surface area contributed by atoms with E-state index in [2.05, 4.69) is 6.92 Å². The molecule has 0 saturated heterocycles. The van der Waals surface area contributed by atoms with Crippen LogP contribution in [-0.2, 0) is 9.47 Å². The van der Waals surface area contributed by atoms with Gasteiger partial charge in [-0.2, -0.15) is 0 Å². The SMILES string of the molecule is CCCC(C)(CO)COCCC(CC)(CO)COCCC(CO)(CO)CCC. The third kappa shape index (κ3) is 9.51. The summed E-state index contributed by atoms with van der Waals surface area (Å²) < 4.78 is 11.7. The summed E-state index contributed by atoms with van der Waals surface area (Å²) in [5, 5.41) is 38.8. The highest BCUT2D eigenvalue weighted by Crippen LogP contribution is 2.30. The highest BCUT2D eigenvalue weighted by molar-refractivity contribution is 4.80. The van der Waals surface area contributed by atoms with Crippen molar-refractivity contribution in [3.8, 4) is 0 Å². The van der Waals surface area contributed by atoms with Crippen molar-refractivity contribution in [1.29, 1.82) is 0 Å². The summed E-state index contributed by atoms with van der Waals surface area (Å²) >= 11 is 0. The molecule has 0 fully saturated rings. The third-order valence-electron chi connectivity index (χ3n) is 6.18. The molecule has 0 saturated carbocycles. The predicted octanol–water partition coefficient (Wildman–Crippen LogP) is 2.76. The molecule has 170 valence electrons. The van der Waals surface area contributed by atoms with Crippen LogP contribution in [0.15, 0.2) is 0 Å². The molecule has 0 spiro atoms. The second kappa shape index (κ2) is 14.7. The average Bonchev–Trinajstić information content (AvgIpc) is 2.72. The van der Waals surface area contributed by atoms with E-state index in [0.29, 0.717) is 39.3 Å². The lowest BCUT2D eigenvalue weighted by Gasteiger charge is -2.33. The van der Waals surface area contributed by atoms with E-state index < -0.39 is 5.41 Å². The molecule has 6 nitrogen and oxygen atoms in total. The molecule has 2 unspecified atom stereocenters. The molecule has 0 heterocycles. The quantitative estimate of drug-likeness (QED) is 0.246. The lowest BCUT2D eigenvalue weighted by molar-refractivity contribution is -0.0484. The van der Waals surface area contributed by atoms with E-state index in [1.165, 1.54) is 0 Å². The first-order valence-electron chi connectivity index (χ1n) is 10.9. The number of aliphatic hydroxyl groups excluding tert-OH is 4. The van der Waals surface area contributed by atoms with Gasteiger partial charge in [-0.05, 0) is 32.1 Å². The van der Waals surface area contributed by atoms with Crippen LogP contribution in [0, 0.1) is 16.2 Å². The Hall–Kier alpha value is -0.240. The van der Waals surface area contributed by atoms with Gasteiger partial charge in [-0.15, -0.1) is 0 Å². The van der Waals surface area contributed by atoms with E-state index >= 15 is 0 Å². The highest BCUT2D eigenvalue weighted by atomic mass is 16.5. The van der Waals surface area contributed by atoms with Gasteiger partial charge in [0.15, 0.2) is 0 Å². The summed E-state index contributed by atoms with van der Waals surface area (Å²) in [6.45, 7) is 10.2. The lowest BCUT2D eigenvalue weighted by Crippen LogP contribution is -2.35. The van der Waals surface area contributed by atoms with Crippen LogP contribution < -0.4 is 0 Å². The second-order valence-corrected chi connectivity index (χ2v) is 8.90. The smallest absolute Gasteiger partial charge is 0.0545 e. The standard InChI is InChI=1S/C22H46O6/c1-5-8-20(4,14-23)18-27-12-10-21(7-3,15-24)19-28-13-11-22(16-25,17-26)9-6-2/h23-26H,5-19H2,1-4H3. The van der Waals surface area contributed by atoms with Gasteiger partial charge in [-0.25, -0.2) is 0 Å².